The molecule has 158 valence electrons. The van der Waals surface area contributed by atoms with E-state index in [0.29, 0.717) is 52.5 Å². The lowest BCUT2D eigenvalue weighted by molar-refractivity contribution is -0.136. The molecule has 2 saturated heterocycles. The quantitative estimate of drug-likeness (QED) is 0.729. The molecule has 0 aromatic heterocycles. The Hall–Kier alpha value is -1.23. The van der Waals surface area contributed by atoms with Crippen molar-refractivity contribution in [3.05, 3.63) is 35.9 Å². The van der Waals surface area contributed by atoms with Crippen molar-refractivity contribution in [2.24, 2.45) is 11.7 Å². The molecule has 2 aliphatic heterocycles. The summed E-state index contributed by atoms with van der Waals surface area (Å²) in [6.07, 6.45) is 0. The van der Waals surface area contributed by atoms with Crippen molar-refractivity contribution in [2.75, 3.05) is 52.5 Å². The third kappa shape index (κ3) is 5.03. The predicted octanol–water partition coefficient (Wildman–Crippen LogP) is 0.466. The zero-order valence-electron chi connectivity index (χ0n) is 16.1. The van der Waals surface area contributed by atoms with E-state index in [1.165, 1.54) is 8.61 Å². The maximum absolute atomic E-state index is 12.8. The second-order valence-corrected chi connectivity index (χ2v) is 8.90. The van der Waals surface area contributed by atoms with Gasteiger partial charge in [-0.15, -0.1) is 12.4 Å². The molecular formula is C18H29ClN4O4S. The maximum Gasteiger partial charge on any atom is 0.282 e. The van der Waals surface area contributed by atoms with Crippen LogP contribution in [0.15, 0.2) is 30.3 Å². The molecule has 1 aromatic carbocycles. The highest BCUT2D eigenvalue weighted by atomic mass is 35.5. The third-order valence-corrected chi connectivity index (χ3v) is 7.32. The summed E-state index contributed by atoms with van der Waals surface area (Å²) in [6.45, 7) is 4.81. The zero-order chi connectivity index (χ0) is 19.4. The molecule has 2 aliphatic rings. The summed E-state index contributed by atoms with van der Waals surface area (Å²) in [7, 11) is -3.49. The molecule has 2 N–H and O–H groups in total. The fraction of sp³-hybridized carbons (Fsp3) is 0.611. The minimum absolute atomic E-state index is 0. The average molecular weight is 433 g/mol. The van der Waals surface area contributed by atoms with Crippen molar-refractivity contribution < 1.29 is 17.9 Å². The monoisotopic (exact) mass is 432 g/mol. The van der Waals surface area contributed by atoms with Crippen LogP contribution in [0.5, 0.6) is 0 Å². The Balaban J connectivity index is 0.00000280. The Morgan fingerprint density at radius 2 is 1.54 bits per heavy atom. The number of hydrogen-bond acceptors (Lipinski definition) is 5. The standard InChI is InChI=1S/C18H28N4O4S.ClH/c1-15(17(19)16-5-3-2-4-6-16)18(23)20-7-9-21(10-8-20)27(24,25)22-11-13-26-14-12-22;/h2-6,15,17H,7-14,19H2,1H3;1H. The Kier molecular flexibility index (Phi) is 8.23. The normalized spacial score (nSPS) is 21.6. The number of carbonyl (C=O) groups is 1. The maximum atomic E-state index is 12.8. The molecule has 2 atom stereocenters. The summed E-state index contributed by atoms with van der Waals surface area (Å²) in [6, 6.07) is 9.18. The number of morpholine rings is 1. The molecule has 28 heavy (non-hydrogen) atoms. The number of piperazine rings is 1. The van der Waals surface area contributed by atoms with E-state index in [9.17, 15) is 13.2 Å². The van der Waals surface area contributed by atoms with E-state index in [2.05, 4.69) is 0 Å². The highest BCUT2D eigenvalue weighted by Gasteiger charge is 2.35. The lowest BCUT2D eigenvalue weighted by Gasteiger charge is -2.38. The summed E-state index contributed by atoms with van der Waals surface area (Å²) < 4.78 is 33.6. The van der Waals surface area contributed by atoms with Gasteiger partial charge in [0.1, 0.15) is 0 Å². The van der Waals surface area contributed by atoms with Gasteiger partial charge >= 0.3 is 0 Å². The lowest BCUT2D eigenvalue weighted by atomic mass is 9.94. The SMILES string of the molecule is CC(C(=O)N1CCN(S(=O)(=O)N2CCOCC2)CC1)C(N)c1ccccc1.Cl. The summed E-state index contributed by atoms with van der Waals surface area (Å²) in [4.78, 5) is 14.5. The van der Waals surface area contributed by atoms with Crippen LogP contribution in [0.3, 0.4) is 0 Å². The van der Waals surface area contributed by atoms with Crippen LogP contribution >= 0.6 is 12.4 Å². The van der Waals surface area contributed by atoms with Crippen molar-refractivity contribution in [3.63, 3.8) is 0 Å². The Labute approximate surface area is 173 Å². The molecule has 2 fully saturated rings. The number of carbonyl (C=O) groups excluding carboxylic acids is 1. The zero-order valence-corrected chi connectivity index (χ0v) is 17.7. The predicted molar refractivity (Wildman–Crippen MR) is 109 cm³/mol. The molecule has 1 amide bonds. The van der Waals surface area contributed by atoms with Gasteiger partial charge < -0.3 is 15.4 Å². The first kappa shape index (κ1) is 23.1. The molecule has 2 unspecified atom stereocenters. The lowest BCUT2D eigenvalue weighted by Crippen LogP contribution is -2.56. The van der Waals surface area contributed by atoms with Crippen molar-refractivity contribution in [2.45, 2.75) is 13.0 Å². The topological polar surface area (TPSA) is 96.2 Å². The second-order valence-electron chi connectivity index (χ2n) is 6.97. The molecule has 0 radical (unpaired) electrons. The first-order valence-electron chi connectivity index (χ1n) is 9.33. The van der Waals surface area contributed by atoms with E-state index in [-0.39, 0.29) is 30.3 Å². The van der Waals surface area contributed by atoms with E-state index >= 15 is 0 Å². The van der Waals surface area contributed by atoms with E-state index < -0.39 is 10.2 Å². The van der Waals surface area contributed by atoms with Gasteiger partial charge in [0.05, 0.1) is 19.1 Å². The molecule has 3 rings (SSSR count). The number of ether oxygens (including phenoxy) is 1. The van der Waals surface area contributed by atoms with Gasteiger partial charge in [-0.3, -0.25) is 4.79 Å². The third-order valence-electron chi connectivity index (χ3n) is 5.29. The fourth-order valence-corrected chi connectivity index (χ4v) is 5.05. The largest absolute Gasteiger partial charge is 0.379 e. The van der Waals surface area contributed by atoms with Gasteiger partial charge in [0, 0.05) is 45.3 Å². The average Bonchev–Trinajstić information content (AvgIpc) is 2.73. The number of hydrogen-bond donors (Lipinski definition) is 1. The Bertz CT molecular complexity index is 735. The van der Waals surface area contributed by atoms with Crippen LogP contribution in [-0.2, 0) is 19.7 Å². The first-order valence-corrected chi connectivity index (χ1v) is 10.7. The van der Waals surface area contributed by atoms with Crippen LogP contribution in [-0.4, -0.2) is 80.3 Å². The van der Waals surface area contributed by atoms with Crippen molar-refractivity contribution in [3.8, 4) is 0 Å². The highest BCUT2D eigenvalue weighted by Crippen LogP contribution is 2.22. The minimum Gasteiger partial charge on any atom is -0.379 e. The van der Waals surface area contributed by atoms with Crippen LogP contribution < -0.4 is 5.73 Å². The summed E-state index contributed by atoms with van der Waals surface area (Å²) in [5.41, 5.74) is 7.19. The number of amides is 1. The fourth-order valence-electron chi connectivity index (χ4n) is 3.49. The minimum atomic E-state index is -3.49. The van der Waals surface area contributed by atoms with Crippen molar-refractivity contribution >= 4 is 28.5 Å². The first-order chi connectivity index (χ1) is 12.9. The highest BCUT2D eigenvalue weighted by molar-refractivity contribution is 7.86. The van der Waals surface area contributed by atoms with Crippen LogP contribution in [0.25, 0.3) is 0 Å². The number of rotatable bonds is 5. The second kappa shape index (κ2) is 10.00. The van der Waals surface area contributed by atoms with E-state index in [1.54, 1.807) is 4.90 Å². The van der Waals surface area contributed by atoms with Gasteiger partial charge in [0.25, 0.3) is 10.2 Å². The molecule has 0 saturated carbocycles. The van der Waals surface area contributed by atoms with Gasteiger partial charge in [-0.2, -0.15) is 17.0 Å². The Morgan fingerprint density at radius 1 is 1.00 bits per heavy atom. The molecule has 0 aliphatic carbocycles. The molecule has 0 bridgehead atoms. The smallest absolute Gasteiger partial charge is 0.282 e. The van der Waals surface area contributed by atoms with Gasteiger partial charge in [-0.25, -0.2) is 0 Å². The van der Waals surface area contributed by atoms with Crippen LogP contribution in [0.1, 0.15) is 18.5 Å². The molecule has 10 heteroatoms. The summed E-state index contributed by atoms with van der Waals surface area (Å²) in [5.74, 6) is -0.399. The summed E-state index contributed by atoms with van der Waals surface area (Å²) >= 11 is 0. The molecule has 0 spiro atoms. The van der Waals surface area contributed by atoms with Gasteiger partial charge in [-0.1, -0.05) is 37.3 Å². The van der Waals surface area contributed by atoms with Crippen LogP contribution in [0.4, 0.5) is 0 Å². The van der Waals surface area contributed by atoms with E-state index in [4.69, 9.17) is 10.5 Å². The Morgan fingerprint density at radius 3 is 2.11 bits per heavy atom. The number of benzene rings is 1. The summed E-state index contributed by atoms with van der Waals surface area (Å²) in [5, 5.41) is 0. The molecule has 2 heterocycles. The number of nitrogens with two attached hydrogens (primary N) is 1. The van der Waals surface area contributed by atoms with Crippen LogP contribution in [0.2, 0.25) is 0 Å². The number of halogens is 1. The van der Waals surface area contributed by atoms with E-state index in [1.807, 2.05) is 37.3 Å². The van der Waals surface area contributed by atoms with Gasteiger partial charge in [-0.05, 0) is 5.56 Å². The molecular weight excluding hydrogens is 404 g/mol. The van der Waals surface area contributed by atoms with Crippen molar-refractivity contribution in [1.82, 2.24) is 13.5 Å². The number of nitrogens with zero attached hydrogens (tertiary/aromatic N) is 3. The van der Waals surface area contributed by atoms with Gasteiger partial charge in [0.2, 0.25) is 5.91 Å². The molecule has 8 nitrogen and oxygen atoms in total. The van der Waals surface area contributed by atoms with Crippen molar-refractivity contribution in [1.29, 1.82) is 0 Å². The van der Waals surface area contributed by atoms with Crippen LogP contribution in [0, 0.1) is 5.92 Å². The van der Waals surface area contributed by atoms with E-state index in [0.717, 1.165) is 5.56 Å². The molecule has 1 aromatic rings. The van der Waals surface area contributed by atoms with Gasteiger partial charge in [0.15, 0.2) is 0 Å².